The minimum absolute atomic E-state index is 0.189. The molecule has 22 heavy (non-hydrogen) atoms. The van der Waals surface area contributed by atoms with Crippen LogP contribution in [0.1, 0.15) is 16.5 Å². The molecule has 0 fully saturated rings. The number of rotatable bonds is 5. The van der Waals surface area contributed by atoms with E-state index in [-0.39, 0.29) is 5.91 Å². The first-order valence-corrected chi connectivity index (χ1v) is 7.54. The topological polar surface area (TPSA) is 85.6 Å². The summed E-state index contributed by atoms with van der Waals surface area (Å²) in [6.45, 7) is 1.94. The Labute approximate surface area is 131 Å². The Hall–Kier alpha value is -2.61. The van der Waals surface area contributed by atoms with E-state index in [1.54, 1.807) is 6.20 Å². The first kappa shape index (κ1) is 14.3. The maximum atomic E-state index is 12.6. The van der Waals surface area contributed by atoms with Crippen LogP contribution in [0.15, 0.2) is 42.9 Å². The maximum absolute atomic E-state index is 12.6. The van der Waals surface area contributed by atoms with Crippen LogP contribution in [0.2, 0.25) is 0 Å². The Bertz CT molecular complexity index is 740. The summed E-state index contributed by atoms with van der Waals surface area (Å²) in [5, 5.41) is 14.5. The quantitative estimate of drug-likeness (QED) is 0.777. The number of anilines is 1. The first-order valence-electron chi connectivity index (χ1n) is 6.72. The number of tetrazole rings is 1. The van der Waals surface area contributed by atoms with Gasteiger partial charge in [0.05, 0.1) is 0 Å². The van der Waals surface area contributed by atoms with Crippen molar-refractivity contribution >= 4 is 22.4 Å². The van der Waals surface area contributed by atoms with Gasteiger partial charge in [-0.05, 0) is 22.9 Å². The molecule has 0 bridgehead atoms. The molecule has 0 aliphatic rings. The molecule has 0 saturated carbocycles. The highest BCUT2D eigenvalue weighted by molar-refractivity contribution is 7.15. The monoisotopic (exact) mass is 314 g/mol. The molecule has 2 aromatic heterocycles. The van der Waals surface area contributed by atoms with Crippen LogP contribution in [0, 0.1) is 6.92 Å². The van der Waals surface area contributed by atoms with Crippen LogP contribution in [-0.4, -0.2) is 31.1 Å². The van der Waals surface area contributed by atoms with Crippen molar-refractivity contribution < 1.29 is 4.79 Å². The van der Waals surface area contributed by atoms with Gasteiger partial charge in [-0.15, -0.1) is 16.4 Å². The lowest BCUT2D eigenvalue weighted by Gasteiger charge is -2.15. The third kappa shape index (κ3) is 3.34. The van der Waals surface area contributed by atoms with E-state index in [1.807, 2.05) is 37.3 Å². The normalized spacial score (nSPS) is 12.0. The number of nitrogens with zero attached hydrogens (tertiary/aromatic N) is 5. The summed E-state index contributed by atoms with van der Waals surface area (Å²) in [7, 11) is 0. The van der Waals surface area contributed by atoms with Crippen molar-refractivity contribution in [2.24, 2.45) is 0 Å². The number of aromatic nitrogens is 5. The van der Waals surface area contributed by atoms with Gasteiger partial charge in [-0.25, -0.2) is 9.67 Å². The number of hydrogen-bond donors (Lipinski definition) is 1. The molecule has 7 nitrogen and oxygen atoms in total. The van der Waals surface area contributed by atoms with Crippen molar-refractivity contribution in [2.45, 2.75) is 19.4 Å². The zero-order valence-corrected chi connectivity index (χ0v) is 12.7. The Balaban J connectivity index is 1.80. The lowest BCUT2D eigenvalue weighted by atomic mass is 10.1. The largest absolute Gasteiger partial charge is 0.300 e. The average molecular weight is 314 g/mol. The average Bonchev–Trinajstić information content (AvgIpc) is 3.18. The first-order chi connectivity index (χ1) is 10.7. The summed E-state index contributed by atoms with van der Waals surface area (Å²) < 4.78 is 1.46. The lowest BCUT2D eigenvalue weighted by molar-refractivity contribution is -0.119. The number of thiazole rings is 1. The van der Waals surface area contributed by atoms with Crippen LogP contribution in [-0.2, 0) is 11.2 Å². The summed E-state index contributed by atoms with van der Waals surface area (Å²) in [5.74, 6) is -0.189. The number of amides is 1. The van der Waals surface area contributed by atoms with Gasteiger partial charge in [0.25, 0.3) is 5.91 Å². The highest BCUT2D eigenvalue weighted by atomic mass is 32.1. The van der Waals surface area contributed by atoms with Crippen molar-refractivity contribution in [3.05, 3.63) is 53.3 Å². The summed E-state index contributed by atoms with van der Waals surface area (Å²) in [5.41, 5.74) is 1.04. The van der Waals surface area contributed by atoms with Crippen LogP contribution in [0.4, 0.5) is 5.13 Å². The SMILES string of the molecule is Cc1cnc(NC(=O)[C@H](Cc2ccccc2)n2cnnn2)s1. The molecule has 0 unspecified atom stereocenters. The highest BCUT2D eigenvalue weighted by Crippen LogP contribution is 2.20. The third-order valence-electron chi connectivity index (χ3n) is 3.11. The van der Waals surface area contributed by atoms with Gasteiger partial charge in [0.15, 0.2) is 5.13 Å². The summed E-state index contributed by atoms with van der Waals surface area (Å²) in [4.78, 5) is 17.8. The number of carbonyl (C=O) groups excluding carboxylic acids is 1. The molecule has 1 atom stereocenters. The fourth-order valence-electron chi connectivity index (χ4n) is 2.06. The van der Waals surface area contributed by atoms with Crippen molar-refractivity contribution in [3.8, 4) is 0 Å². The molecular weight excluding hydrogens is 300 g/mol. The minimum Gasteiger partial charge on any atom is -0.300 e. The molecule has 1 aromatic carbocycles. The van der Waals surface area contributed by atoms with E-state index in [9.17, 15) is 4.79 Å². The number of nitrogens with one attached hydrogen (secondary N) is 1. The zero-order valence-electron chi connectivity index (χ0n) is 11.9. The molecular formula is C14H14N6OS. The minimum atomic E-state index is -0.526. The van der Waals surface area contributed by atoms with Crippen molar-refractivity contribution in [1.82, 2.24) is 25.2 Å². The summed E-state index contributed by atoms with van der Waals surface area (Å²) in [6, 6.07) is 9.23. The Kier molecular flexibility index (Phi) is 4.19. The summed E-state index contributed by atoms with van der Waals surface area (Å²) in [6.07, 6.45) is 3.67. The van der Waals surface area contributed by atoms with E-state index in [0.29, 0.717) is 11.6 Å². The molecule has 1 amide bonds. The number of carbonyl (C=O) groups is 1. The summed E-state index contributed by atoms with van der Waals surface area (Å²) >= 11 is 1.43. The van der Waals surface area contributed by atoms with Gasteiger partial charge in [-0.1, -0.05) is 30.3 Å². The molecule has 3 rings (SSSR count). The van der Waals surface area contributed by atoms with Gasteiger partial charge < -0.3 is 5.32 Å². The van der Waals surface area contributed by atoms with Crippen LogP contribution >= 0.6 is 11.3 Å². The predicted octanol–water partition coefficient (Wildman–Crippen LogP) is 1.86. The van der Waals surface area contributed by atoms with Gasteiger partial charge in [0, 0.05) is 17.5 Å². The molecule has 3 aromatic rings. The zero-order chi connectivity index (χ0) is 15.4. The fourth-order valence-corrected chi connectivity index (χ4v) is 2.72. The third-order valence-corrected chi connectivity index (χ3v) is 3.94. The van der Waals surface area contributed by atoms with Crippen LogP contribution in [0.5, 0.6) is 0 Å². The molecule has 112 valence electrons. The fraction of sp³-hybridized carbons (Fsp3) is 0.214. The molecule has 2 heterocycles. The highest BCUT2D eigenvalue weighted by Gasteiger charge is 2.23. The molecule has 0 aliphatic carbocycles. The van der Waals surface area contributed by atoms with Crippen LogP contribution in [0.25, 0.3) is 0 Å². The van der Waals surface area contributed by atoms with Gasteiger partial charge >= 0.3 is 0 Å². The van der Waals surface area contributed by atoms with Gasteiger partial charge in [0.2, 0.25) is 0 Å². The molecule has 1 N–H and O–H groups in total. The van der Waals surface area contributed by atoms with Crippen molar-refractivity contribution in [2.75, 3.05) is 5.32 Å². The molecule has 0 aliphatic heterocycles. The van der Waals surface area contributed by atoms with E-state index in [1.165, 1.54) is 22.3 Å². The number of hydrogen-bond acceptors (Lipinski definition) is 6. The van der Waals surface area contributed by atoms with Crippen LogP contribution < -0.4 is 5.32 Å². The number of benzene rings is 1. The Morgan fingerprint density at radius 2 is 2.18 bits per heavy atom. The number of aryl methyl sites for hydroxylation is 1. The maximum Gasteiger partial charge on any atom is 0.251 e. The second kappa shape index (κ2) is 6.44. The van der Waals surface area contributed by atoms with E-state index in [2.05, 4.69) is 25.8 Å². The lowest BCUT2D eigenvalue weighted by Crippen LogP contribution is -2.28. The van der Waals surface area contributed by atoms with Gasteiger partial charge in [-0.2, -0.15) is 0 Å². The van der Waals surface area contributed by atoms with Crippen molar-refractivity contribution in [3.63, 3.8) is 0 Å². The second-order valence-electron chi connectivity index (χ2n) is 4.76. The van der Waals surface area contributed by atoms with Gasteiger partial charge in [0.1, 0.15) is 12.4 Å². The molecule has 0 spiro atoms. The van der Waals surface area contributed by atoms with E-state index in [0.717, 1.165) is 10.4 Å². The second-order valence-corrected chi connectivity index (χ2v) is 6.00. The standard InChI is InChI=1S/C14H14N6OS/c1-10-8-15-14(22-10)17-13(21)12(20-9-16-18-19-20)7-11-5-3-2-4-6-11/h2-6,8-9,12H,7H2,1H3,(H,15,17,21)/t12-/m0/s1. The van der Waals surface area contributed by atoms with E-state index in [4.69, 9.17) is 0 Å². The molecule has 8 heteroatoms. The van der Waals surface area contributed by atoms with E-state index >= 15 is 0 Å². The smallest absolute Gasteiger partial charge is 0.251 e. The van der Waals surface area contributed by atoms with Crippen LogP contribution in [0.3, 0.4) is 0 Å². The predicted molar refractivity (Wildman–Crippen MR) is 82.5 cm³/mol. The molecule has 0 radical (unpaired) electrons. The van der Waals surface area contributed by atoms with Crippen molar-refractivity contribution in [1.29, 1.82) is 0 Å². The van der Waals surface area contributed by atoms with E-state index < -0.39 is 6.04 Å². The molecule has 0 saturated heterocycles. The Morgan fingerprint density at radius 3 is 2.82 bits per heavy atom. The van der Waals surface area contributed by atoms with Gasteiger partial charge in [-0.3, -0.25) is 4.79 Å². The Morgan fingerprint density at radius 1 is 1.36 bits per heavy atom.